The molecule has 35 heavy (non-hydrogen) atoms. The van der Waals surface area contributed by atoms with E-state index in [4.69, 9.17) is 9.47 Å². The molecule has 3 aromatic rings. The first-order valence-corrected chi connectivity index (χ1v) is 11.1. The molecule has 0 aliphatic rings. The van der Waals surface area contributed by atoms with Gasteiger partial charge in [0.05, 0.1) is 32.3 Å². The molecule has 2 aromatic carbocycles. The molecule has 10 heteroatoms. The molecule has 0 saturated carbocycles. The van der Waals surface area contributed by atoms with Crippen LogP contribution in [0.25, 0.3) is 16.0 Å². The Kier molecular flexibility index (Phi) is 8.18. The monoisotopic (exact) mass is 510 g/mol. The number of aliphatic hydroxyl groups is 1. The Morgan fingerprint density at radius 3 is 2.54 bits per heavy atom. The molecule has 0 amide bonds. The van der Waals surface area contributed by atoms with Crippen molar-refractivity contribution in [2.75, 3.05) is 14.2 Å². The minimum Gasteiger partial charge on any atom is -0.497 e. The Morgan fingerprint density at radius 1 is 1.14 bits per heavy atom. The number of rotatable bonds is 9. The summed E-state index contributed by atoms with van der Waals surface area (Å²) in [7, 11) is 2.57. The van der Waals surface area contributed by atoms with Crippen molar-refractivity contribution in [2.45, 2.75) is 25.3 Å². The first-order chi connectivity index (χ1) is 16.5. The molecule has 1 aromatic heterocycles. The maximum Gasteiger partial charge on any atom is 0.416 e. The molecule has 1 heterocycles. The predicted molar refractivity (Wildman–Crippen MR) is 124 cm³/mol. The lowest BCUT2D eigenvalue weighted by Gasteiger charge is -2.16. The van der Waals surface area contributed by atoms with Gasteiger partial charge in [-0.25, -0.2) is 4.39 Å². The van der Waals surface area contributed by atoms with Gasteiger partial charge in [0, 0.05) is 21.6 Å². The van der Waals surface area contributed by atoms with Crippen molar-refractivity contribution < 1.29 is 41.7 Å². The van der Waals surface area contributed by atoms with Crippen LogP contribution in [0, 0.1) is 5.82 Å². The van der Waals surface area contributed by atoms with Crippen LogP contribution >= 0.6 is 11.3 Å². The van der Waals surface area contributed by atoms with Gasteiger partial charge >= 0.3 is 12.1 Å². The van der Waals surface area contributed by atoms with Crippen molar-refractivity contribution in [1.29, 1.82) is 0 Å². The highest BCUT2D eigenvalue weighted by Crippen LogP contribution is 2.44. The summed E-state index contributed by atoms with van der Waals surface area (Å²) in [5, 5.41) is 11.7. The molecule has 1 atom stereocenters. The number of methoxy groups -OCH3 is 2. The van der Waals surface area contributed by atoms with Gasteiger partial charge in [-0.2, -0.15) is 13.2 Å². The fourth-order valence-corrected chi connectivity index (χ4v) is 4.41. The van der Waals surface area contributed by atoms with E-state index in [9.17, 15) is 27.5 Å². The molecule has 0 fully saturated rings. The molecule has 0 unspecified atom stereocenters. The number of hydrogen-bond acceptors (Lipinski definition) is 6. The number of benzene rings is 2. The Bertz CT molecular complexity index is 1220. The number of ether oxygens (including phenoxy) is 3. The summed E-state index contributed by atoms with van der Waals surface area (Å²) in [5.74, 6) is -0.757. The summed E-state index contributed by atoms with van der Waals surface area (Å²) in [6.07, 6.45) is -6.16. The Morgan fingerprint density at radius 2 is 1.89 bits per heavy atom. The second-order valence-corrected chi connectivity index (χ2v) is 8.32. The van der Waals surface area contributed by atoms with Crippen molar-refractivity contribution in [1.82, 2.24) is 0 Å². The number of hydrogen-bond donors (Lipinski definition) is 1. The average molecular weight is 511 g/mol. The van der Waals surface area contributed by atoms with E-state index in [1.54, 1.807) is 18.2 Å². The molecule has 186 valence electrons. The fraction of sp³-hybridized carbons (Fsp3) is 0.240. The number of halogens is 4. The van der Waals surface area contributed by atoms with Crippen LogP contribution in [-0.4, -0.2) is 31.5 Å². The number of carbonyl (C=O) groups is 1. The number of aliphatic hydroxyl groups excluding tert-OH is 1. The molecule has 0 aliphatic heterocycles. The summed E-state index contributed by atoms with van der Waals surface area (Å²) in [4.78, 5) is 11.5. The highest BCUT2D eigenvalue weighted by atomic mass is 32.1. The van der Waals surface area contributed by atoms with Gasteiger partial charge in [-0.05, 0) is 41.3 Å². The molecule has 1 N–H and O–H groups in total. The Labute approximate surface area is 203 Å². The highest BCUT2D eigenvalue weighted by molar-refractivity contribution is 7.14. The minimum atomic E-state index is -4.75. The normalized spacial score (nSPS) is 12.2. The van der Waals surface area contributed by atoms with E-state index in [0.29, 0.717) is 11.3 Å². The lowest BCUT2D eigenvalue weighted by molar-refractivity contribution is -0.142. The van der Waals surface area contributed by atoms with Crippen molar-refractivity contribution in [2.24, 2.45) is 0 Å². The third-order valence-corrected chi connectivity index (χ3v) is 6.22. The molecule has 3 rings (SSSR count). The first kappa shape index (κ1) is 26.2. The van der Waals surface area contributed by atoms with E-state index in [2.05, 4.69) is 11.3 Å². The molecule has 0 aliphatic carbocycles. The zero-order chi connectivity index (χ0) is 25.8. The van der Waals surface area contributed by atoms with Crippen LogP contribution in [0.1, 0.15) is 29.2 Å². The summed E-state index contributed by atoms with van der Waals surface area (Å²) in [5.41, 5.74) is -0.908. The second kappa shape index (κ2) is 10.9. The van der Waals surface area contributed by atoms with Crippen molar-refractivity contribution in [3.63, 3.8) is 0 Å². The predicted octanol–water partition coefficient (Wildman–Crippen LogP) is 6.31. The van der Waals surface area contributed by atoms with Crippen LogP contribution in [-0.2, 0) is 16.1 Å². The van der Waals surface area contributed by atoms with Gasteiger partial charge < -0.3 is 19.3 Å². The summed E-state index contributed by atoms with van der Waals surface area (Å²) in [6.45, 7) is 2.94. The third kappa shape index (κ3) is 6.20. The van der Waals surface area contributed by atoms with Gasteiger partial charge in [0.25, 0.3) is 0 Å². The van der Waals surface area contributed by atoms with E-state index in [-0.39, 0.29) is 40.3 Å². The number of carbonyl (C=O) groups excluding carboxylic acids is 1. The van der Waals surface area contributed by atoms with Gasteiger partial charge in [0.2, 0.25) is 0 Å². The molecule has 0 bridgehead atoms. The zero-order valence-electron chi connectivity index (χ0n) is 18.8. The molecule has 5 nitrogen and oxygen atoms in total. The lowest BCUT2D eigenvalue weighted by atomic mass is 9.99. The summed E-state index contributed by atoms with van der Waals surface area (Å²) >= 11 is 0.932. The Hall–Kier alpha value is -3.37. The van der Waals surface area contributed by atoms with E-state index in [0.717, 1.165) is 17.4 Å². The summed E-state index contributed by atoms with van der Waals surface area (Å²) in [6, 6.07) is 10.00. The second-order valence-electron chi connectivity index (χ2n) is 7.44. The van der Waals surface area contributed by atoms with Crippen LogP contribution in [0.3, 0.4) is 0 Å². The van der Waals surface area contributed by atoms with Crippen LogP contribution in [0.2, 0.25) is 0 Å². The van der Waals surface area contributed by atoms with Crippen LogP contribution < -0.4 is 9.47 Å². The zero-order valence-corrected chi connectivity index (χ0v) is 19.6. The largest absolute Gasteiger partial charge is 0.497 e. The number of esters is 1. The number of alkyl halides is 3. The topological polar surface area (TPSA) is 65.0 Å². The highest BCUT2D eigenvalue weighted by Gasteiger charge is 2.37. The first-order valence-electron chi connectivity index (χ1n) is 10.2. The standard InChI is InChI=1S/C25H22F4O5S/c1-14(25(27,28)29)23-16(13-35-24(23)19-10-17(32-2)7-8-20(19)26)12-34-18-6-4-5-15(9-18)21(30)11-22(31)33-3/h4-10,13,21,30H,1,11-12H2,2-3H3/t21-/m1/s1. The van der Waals surface area contributed by atoms with Crippen molar-refractivity contribution >= 4 is 22.9 Å². The molecule has 0 radical (unpaired) electrons. The van der Waals surface area contributed by atoms with Crippen molar-refractivity contribution in [3.05, 3.63) is 76.9 Å². The third-order valence-electron chi connectivity index (χ3n) is 5.15. The van der Waals surface area contributed by atoms with Gasteiger partial charge in [-0.15, -0.1) is 11.3 Å². The summed E-state index contributed by atoms with van der Waals surface area (Å²) < 4.78 is 70.9. The number of thiophene rings is 1. The van der Waals surface area contributed by atoms with Crippen molar-refractivity contribution in [3.8, 4) is 21.9 Å². The van der Waals surface area contributed by atoms with Crippen LogP contribution in [0.15, 0.2) is 54.4 Å². The molecule has 0 saturated heterocycles. The molecular weight excluding hydrogens is 488 g/mol. The van der Waals surface area contributed by atoms with Gasteiger partial charge in [0.1, 0.15) is 23.9 Å². The minimum absolute atomic E-state index is 0.0459. The number of allylic oxidation sites excluding steroid dienone is 1. The van der Waals surface area contributed by atoms with Crippen LogP contribution in [0.5, 0.6) is 11.5 Å². The lowest BCUT2D eigenvalue weighted by Crippen LogP contribution is -2.12. The Balaban J connectivity index is 1.93. The smallest absolute Gasteiger partial charge is 0.416 e. The SMILES string of the molecule is C=C(c1c(COc2cccc([C@H](O)CC(=O)OC)c2)csc1-c1cc(OC)ccc1F)C(F)(F)F. The van der Waals surface area contributed by atoms with Gasteiger partial charge in [0.15, 0.2) is 0 Å². The molecule has 0 spiro atoms. The van der Waals surface area contributed by atoms with E-state index >= 15 is 0 Å². The van der Waals surface area contributed by atoms with E-state index in [1.165, 1.54) is 37.8 Å². The quantitative estimate of drug-likeness (QED) is 0.270. The van der Waals surface area contributed by atoms with Gasteiger partial charge in [-0.1, -0.05) is 18.7 Å². The molecular formula is C25H22F4O5S. The van der Waals surface area contributed by atoms with E-state index < -0.39 is 29.6 Å². The maximum atomic E-state index is 14.6. The van der Waals surface area contributed by atoms with Crippen LogP contribution in [0.4, 0.5) is 17.6 Å². The van der Waals surface area contributed by atoms with Gasteiger partial charge in [-0.3, -0.25) is 4.79 Å². The van der Waals surface area contributed by atoms with E-state index in [1.807, 2.05) is 0 Å². The average Bonchev–Trinajstić information content (AvgIpc) is 3.25. The maximum absolute atomic E-state index is 14.6. The fourth-order valence-electron chi connectivity index (χ4n) is 3.31.